The van der Waals surface area contributed by atoms with Crippen LogP contribution in [0.5, 0.6) is 0 Å². The summed E-state index contributed by atoms with van der Waals surface area (Å²) < 4.78 is 6.54. The summed E-state index contributed by atoms with van der Waals surface area (Å²) in [5.74, 6) is 0.589. The fourth-order valence-electron chi connectivity index (χ4n) is 2.62. The van der Waals surface area contributed by atoms with Crippen LogP contribution in [0.15, 0.2) is 28.7 Å². The first kappa shape index (κ1) is 16.5. The molecule has 0 spiro atoms. The molecule has 1 fully saturated rings. The Labute approximate surface area is 135 Å². The molecule has 2 rings (SSSR count). The van der Waals surface area contributed by atoms with Gasteiger partial charge in [-0.1, -0.05) is 41.9 Å². The summed E-state index contributed by atoms with van der Waals surface area (Å²) in [6, 6.07) is 8.24. The Balaban J connectivity index is 1.88. The van der Waals surface area contributed by atoms with Crippen molar-refractivity contribution >= 4 is 21.8 Å². The fraction of sp³-hybridized carbons (Fsp3) is 0.588. The van der Waals surface area contributed by atoms with Crippen molar-refractivity contribution in [2.24, 2.45) is 5.92 Å². The fourth-order valence-corrected chi connectivity index (χ4v) is 3.01. The van der Waals surface area contributed by atoms with Gasteiger partial charge in [-0.05, 0) is 42.9 Å². The summed E-state index contributed by atoms with van der Waals surface area (Å²) in [6.45, 7) is 5.43. The zero-order valence-corrected chi connectivity index (χ0v) is 14.4. The molecule has 0 radical (unpaired) electrons. The molecule has 0 heterocycles. The SMILES string of the molecule is CC(C)COCCC(=O)NC1(c2cccc(Br)c2)CCC1. The van der Waals surface area contributed by atoms with Crippen molar-refractivity contribution in [2.45, 2.75) is 45.1 Å². The molecule has 0 saturated heterocycles. The van der Waals surface area contributed by atoms with Crippen LogP contribution >= 0.6 is 15.9 Å². The van der Waals surface area contributed by atoms with Crippen LogP contribution in [0.3, 0.4) is 0 Å². The first-order chi connectivity index (χ1) is 10.0. The number of amides is 1. The third-order valence-electron chi connectivity index (χ3n) is 3.89. The monoisotopic (exact) mass is 353 g/mol. The van der Waals surface area contributed by atoms with Gasteiger partial charge in [-0.15, -0.1) is 0 Å². The number of carbonyl (C=O) groups excluding carboxylic acids is 1. The average molecular weight is 354 g/mol. The van der Waals surface area contributed by atoms with Crippen molar-refractivity contribution in [3.63, 3.8) is 0 Å². The molecule has 0 aromatic heterocycles. The van der Waals surface area contributed by atoms with Crippen LogP contribution in [0.2, 0.25) is 0 Å². The molecule has 1 aliphatic carbocycles. The van der Waals surface area contributed by atoms with E-state index < -0.39 is 0 Å². The van der Waals surface area contributed by atoms with Gasteiger partial charge in [0.25, 0.3) is 0 Å². The highest BCUT2D eigenvalue weighted by Crippen LogP contribution is 2.41. The van der Waals surface area contributed by atoms with Crippen LogP contribution in [0.4, 0.5) is 0 Å². The second-order valence-corrected chi connectivity index (χ2v) is 7.13. The molecular formula is C17H24BrNO2. The maximum atomic E-state index is 12.2. The van der Waals surface area contributed by atoms with E-state index in [1.165, 1.54) is 5.56 Å². The molecule has 116 valence electrons. The van der Waals surface area contributed by atoms with Gasteiger partial charge in [0.05, 0.1) is 12.1 Å². The van der Waals surface area contributed by atoms with Gasteiger partial charge in [-0.25, -0.2) is 0 Å². The van der Waals surface area contributed by atoms with Crippen LogP contribution in [-0.2, 0) is 15.1 Å². The molecule has 4 heteroatoms. The summed E-state index contributed by atoms with van der Waals surface area (Å²) in [7, 11) is 0. The second kappa shape index (κ2) is 7.41. The number of nitrogens with one attached hydrogen (secondary N) is 1. The topological polar surface area (TPSA) is 38.3 Å². The lowest BCUT2D eigenvalue weighted by Crippen LogP contribution is -2.51. The Morgan fingerprint density at radius 1 is 1.43 bits per heavy atom. The first-order valence-corrected chi connectivity index (χ1v) is 8.46. The molecule has 1 aromatic carbocycles. The quantitative estimate of drug-likeness (QED) is 0.752. The van der Waals surface area contributed by atoms with E-state index >= 15 is 0 Å². The van der Waals surface area contributed by atoms with E-state index in [0.29, 0.717) is 25.6 Å². The zero-order valence-electron chi connectivity index (χ0n) is 12.8. The van der Waals surface area contributed by atoms with E-state index in [1.807, 2.05) is 12.1 Å². The average Bonchev–Trinajstić information content (AvgIpc) is 2.39. The van der Waals surface area contributed by atoms with Crippen molar-refractivity contribution < 1.29 is 9.53 Å². The Morgan fingerprint density at radius 2 is 2.19 bits per heavy atom. The van der Waals surface area contributed by atoms with E-state index in [0.717, 1.165) is 23.7 Å². The maximum Gasteiger partial charge on any atom is 0.223 e. The Hall–Kier alpha value is -0.870. The lowest BCUT2D eigenvalue weighted by atomic mass is 9.71. The van der Waals surface area contributed by atoms with Gasteiger partial charge in [-0.3, -0.25) is 4.79 Å². The van der Waals surface area contributed by atoms with Crippen LogP contribution in [0.1, 0.15) is 45.1 Å². The predicted octanol–water partition coefficient (Wildman–Crippen LogP) is 4.01. The summed E-state index contributed by atoms with van der Waals surface area (Å²) in [4.78, 5) is 12.2. The van der Waals surface area contributed by atoms with Crippen LogP contribution in [0, 0.1) is 5.92 Å². The molecule has 1 N–H and O–H groups in total. The molecule has 0 aliphatic heterocycles. The highest BCUT2D eigenvalue weighted by Gasteiger charge is 2.39. The normalized spacial score (nSPS) is 16.6. The van der Waals surface area contributed by atoms with Crippen molar-refractivity contribution in [2.75, 3.05) is 13.2 Å². The molecule has 0 atom stereocenters. The van der Waals surface area contributed by atoms with Crippen molar-refractivity contribution in [3.05, 3.63) is 34.3 Å². The number of hydrogen-bond acceptors (Lipinski definition) is 2. The summed E-state index contributed by atoms with van der Waals surface area (Å²) in [5.41, 5.74) is 1.03. The van der Waals surface area contributed by atoms with E-state index in [4.69, 9.17) is 4.74 Å². The first-order valence-electron chi connectivity index (χ1n) is 7.67. The van der Waals surface area contributed by atoms with Gasteiger partial charge in [0.2, 0.25) is 5.91 Å². The molecule has 1 aliphatic rings. The van der Waals surface area contributed by atoms with Crippen LogP contribution < -0.4 is 5.32 Å². The van der Waals surface area contributed by atoms with Crippen LogP contribution in [0.25, 0.3) is 0 Å². The molecule has 0 unspecified atom stereocenters. The highest BCUT2D eigenvalue weighted by atomic mass is 79.9. The third-order valence-corrected chi connectivity index (χ3v) is 4.38. The maximum absolute atomic E-state index is 12.2. The van der Waals surface area contributed by atoms with Gasteiger partial charge in [0.1, 0.15) is 0 Å². The summed E-state index contributed by atoms with van der Waals surface area (Å²) in [6.07, 6.45) is 3.63. The number of halogens is 1. The minimum Gasteiger partial charge on any atom is -0.381 e. The minimum atomic E-state index is -0.168. The van der Waals surface area contributed by atoms with Gasteiger partial charge in [-0.2, -0.15) is 0 Å². The van der Waals surface area contributed by atoms with E-state index in [9.17, 15) is 4.79 Å². The summed E-state index contributed by atoms with van der Waals surface area (Å²) in [5, 5.41) is 3.22. The van der Waals surface area contributed by atoms with E-state index in [2.05, 4.69) is 47.2 Å². The standard InChI is InChI=1S/C17H24BrNO2/c1-13(2)12-21-10-7-16(20)19-17(8-4-9-17)14-5-3-6-15(18)11-14/h3,5-6,11,13H,4,7-10,12H2,1-2H3,(H,19,20). The molecule has 1 aromatic rings. The highest BCUT2D eigenvalue weighted by molar-refractivity contribution is 9.10. The van der Waals surface area contributed by atoms with E-state index in [-0.39, 0.29) is 11.4 Å². The Bertz CT molecular complexity index is 483. The molecule has 1 amide bonds. The summed E-state index contributed by atoms with van der Waals surface area (Å²) >= 11 is 3.51. The van der Waals surface area contributed by atoms with Crippen molar-refractivity contribution in [1.82, 2.24) is 5.32 Å². The van der Waals surface area contributed by atoms with Gasteiger partial charge in [0, 0.05) is 17.5 Å². The van der Waals surface area contributed by atoms with Gasteiger partial charge >= 0.3 is 0 Å². The molecule has 1 saturated carbocycles. The largest absolute Gasteiger partial charge is 0.381 e. The minimum absolute atomic E-state index is 0.0819. The van der Waals surface area contributed by atoms with E-state index in [1.54, 1.807) is 0 Å². The Morgan fingerprint density at radius 3 is 2.76 bits per heavy atom. The zero-order chi connectivity index (χ0) is 15.3. The number of ether oxygens (including phenoxy) is 1. The van der Waals surface area contributed by atoms with Gasteiger partial charge in [0.15, 0.2) is 0 Å². The number of carbonyl (C=O) groups is 1. The molecule has 21 heavy (non-hydrogen) atoms. The van der Waals surface area contributed by atoms with Crippen molar-refractivity contribution in [3.8, 4) is 0 Å². The number of rotatable bonds is 7. The smallest absolute Gasteiger partial charge is 0.223 e. The lowest BCUT2D eigenvalue weighted by Gasteiger charge is -2.43. The number of benzene rings is 1. The molecule has 0 bridgehead atoms. The third kappa shape index (κ3) is 4.55. The van der Waals surface area contributed by atoms with Gasteiger partial charge < -0.3 is 10.1 Å². The van der Waals surface area contributed by atoms with Crippen molar-refractivity contribution in [1.29, 1.82) is 0 Å². The Kier molecular flexibility index (Phi) is 5.82. The predicted molar refractivity (Wildman–Crippen MR) is 88.1 cm³/mol. The second-order valence-electron chi connectivity index (χ2n) is 6.21. The number of hydrogen-bond donors (Lipinski definition) is 1. The molecule has 3 nitrogen and oxygen atoms in total. The molecular weight excluding hydrogens is 330 g/mol. The lowest BCUT2D eigenvalue weighted by molar-refractivity contribution is -0.125. The van der Waals surface area contributed by atoms with Crippen LogP contribution in [-0.4, -0.2) is 19.1 Å².